The van der Waals surface area contributed by atoms with Gasteiger partial charge in [-0.25, -0.2) is 12.8 Å². The van der Waals surface area contributed by atoms with Crippen molar-refractivity contribution in [2.75, 3.05) is 13.1 Å². The normalized spacial score (nSPS) is 20.5. The van der Waals surface area contributed by atoms with Gasteiger partial charge in [-0.05, 0) is 31.0 Å². The molecule has 0 bridgehead atoms. The Kier molecular flexibility index (Phi) is 5.82. The first-order valence-corrected chi connectivity index (χ1v) is 7.69. The molecule has 22 heavy (non-hydrogen) atoms. The molecule has 0 radical (unpaired) electrons. The fourth-order valence-corrected chi connectivity index (χ4v) is 3.79. The fourth-order valence-electron chi connectivity index (χ4n) is 2.22. The zero-order chi connectivity index (χ0) is 15.8. The Morgan fingerprint density at radius 3 is 2.45 bits per heavy atom. The summed E-state index contributed by atoms with van der Waals surface area (Å²) >= 11 is 0. The highest BCUT2D eigenvalue weighted by molar-refractivity contribution is 7.89. The van der Waals surface area contributed by atoms with Crippen LogP contribution in [-0.4, -0.2) is 31.9 Å². The summed E-state index contributed by atoms with van der Waals surface area (Å²) in [4.78, 5) is -0.578. The van der Waals surface area contributed by atoms with E-state index in [0.717, 1.165) is 10.4 Å². The second-order valence-electron chi connectivity index (χ2n) is 4.90. The molecule has 1 aromatic carbocycles. The minimum atomic E-state index is -4.95. The van der Waals surface area contributed by atoms with Gasteiger partial charge in [0, 0.05) is 19.1 Å². The molecule has 4 nitrogen and oxygen atoms in total. The van der Waals surface area contributed by atoms with Gasteiger partial charge in [-0.3, -0.25) is 0 Å². The molecule has 1 heterocycles. The molecule has 0 spiro atoms. The fraction of sp³-hybridized carbons (Fsp3) is 0.500. The van der Waals surface area contributed by atoms with Crippen LogP contribution >= 0.6 is 12.4 Å². The Balaban J connectivity index is 0.00000242. The Morgan fingerprint density at radius 2 is 1.91 bits per heavy atom. The highest BCUT2D eigenvalue weighted by atomic mass is 35.5. The predicted octanol–water partition coefficient (Wildman–Crippen LogP) is 2.38. The maximum Gasteiger partial charge on any atom is 0.419 e. The Hall–Kier alpha value is -0.900. The number of hydrogen-bond donors (Lipinski definition) is 1. The standard InChI is InChI=1S/C12H14F4N2O2S.ClH/c13-11-4-3-9(6-10(11)12(14,15)16)21(19,20)18-5-1-2-8(17)7-18;/h3-4,6,8H,1-2,5,7,17H2;1H. The molecule has 1 fully saturated rings. The Morgan fingerprint density at radius 1 is 1.27 bits per heavy atom. The monoisotopic (exact) mass is 362 g/mol. The predicted molar refractivity (Wildman–Crippen MR) is 74.6 cm³/mol. The maximum absolute atomic E-state index is 13.2. The summed E-state index contributed by atoms with van der Waals surface area (Å²) in [7, 11) is -4.11. The zero-order valence-corrected chi connectivity index (χ0v) is 12.9. The van der Waals surface area contributed by atoms with E-state index in [1.165, 1.54) is 0 Å². The topological polar surface area (TPSA) is 63.4 Å². The van der Waals surface area contributed by atoms with Crippen LogP contribution in [0.15, 0.2) is 23.1 Å². The summed E-state index contributed by atoms with van der Waals surface area (Å²) < 4.78 is 76.8. The van der Waals surface area contributed by atoms with E-state index < -0.39 is 32.5 Å². The summed E-state index contributed by atoms with van der Waals surface area (Å²) in [5.74, 6) is -1.50. The van der Waals surface area contributed by atoms with E-state index in [2.05, 4.69) is 0 Å². The quantitative estimate of drug-likeness (QED) is 0.822. The molecule has 1 unspecified atom stereocenters. The van der Waals surface area contributed by atoms with Crippen LogP contribution in [-0.2, 0) is 16.2 Å². The molecule has 2 N–H and O–H groups in total. The van der Waals surface area contributed by atoms with Crippen LogP contribution < -0.4 is 5.73 Å². The van der Waals surface area contributed by atoms with Crippen molar-refractivity contribution in [1.82, 2.24) is 4.31 Å². The van der Waals surface area contributed by atoms with Crippen molar-refractivity contribution in [2.24, 2.45) is 5.73 Å². The van der Waals surface area contributed by atoms with Gasteiger partial charge in [0.1, 0.15) is 5.82 Å². The third-order valence-corrected chi connectivity index (χ3v) is 5.16. The lowest BCUT2D eigenvalue weighted by Crippen LogP contribution is -2.45. The van der Waals surface area contributed by atoms with Crippen molar-refractivity contribution in [1.29, 1.82) is 0 Å². The molecule has 2 rings (SSSR count). The van der Waals surface area contributed by atoms with Gasteiger partial charge in [-0.1, -0.05) is 0 Å². The van der Waals surface area contributed by atoms with Crippen LogP contribution in [0.3, 0.4) is 0 Å². The lowest BCUT2D eigenvalue weighted by Gasteiger charge is -2.30. The molecular weight excluding hydrogens is 348 g/mol. The van der Waals surface area contributed by atoms with Crippen LogP contribution in [0.25, 0.3) is 0 Å². The first-order chi connectivity index (χ1) is 9.62. The summed E-state index contributed by atoms with van der Waals surface area (Å²) in [5, 5.41) is 0. The SMILES string of the molecule is Cl.NC1CCCN(S(=O)(=O)c2ccc(F)c(C(F)(F)F)c2)C1. The molecule has 0 saturated carbocycles. The number of alkyl halides is 3. The zero-order valence-electron chi connectivity index (χ0n) is 11.3. The van der Waals surface area contributed by atoms with Gasteiger partial charge in [0.05, 0.1) is 10.5 Å². The highest BCUT2D eigenvalue weighted by Crippen LogP contribution is 2.33. The number of benzene rings is 1. The van der Waals surface area contributed by atoms with E-state index in [1.54, 1.807) is 0 Å². The van der Waals surface area contributed by atoms with Crippen LogP contribution in [0.4, 0.5) is 17.6 Å². The third kappa shape index (κ3) is 3.89. The van der Waals surface area contributed by atoms with Crippen LogP contribution in [0.1, 0.15) is 18.4 Å². The second kappa shape index (κ2) is 6.69. The van der Waals surface area contributed by atoms with Gasteiger partial charge < -0.3 is 5.73 Å². The van der Waals surface area contributed by atoms with Gasteiger partial charge in [0.25, 0.3) is 0 Å². The molecule has 1 saturated heterocycles. The van der Waals surface area contributed by atoms with E-state index in [9.17, 15) is 26.0 Å². The molecule has 10 heteroatoms. The number of halogens is 5. The van der Waals surface area contributed by atoms with Crippen LogP contribution in [0, 0.1) is 5.82 Å². The molecule has 0 aliphatic carbocycles. The number of rotatable bonds is 2. The number of nitrogens with zero attached hydrogens (tertiary/aromatic N) is 1. The average molecular weight is 363 g/mol. The Bertz CT molecular complexity index is 637. The van der Waals surface area contributed by atoms with Gasteiger partial charge in [0.2, 0.25) is 10.0 Å². The highest BCUT2D eigenvalue weighted by Gasteiger charge is 2.36. The summed E-state index contributed by atoms with van der Waals surface area (Å²) in [6.07, 6.45) is -3.76. The molecule has 1 atom stereocenters. The number of sulfonamides is 1. The molecule has 1 aliphatic rings. The minimum absolute atomic E-state index is 0. The lowest BCUT2D eigenvalue weighted by atomic mass is 10.1. The van der Waals surface area contributed by atoms with E-state index in [0.29, 0.717) is 25.0 Å². The largest absolute Gasteiger partial charge is 0.419 e. The maximum atomic E-state index is 13.2. The smallest absolute Gasteiger partial charge is 0.327 e. The van der Waals surface area contributed by atoms with Crippen molar-refractivity contribution in [3.05, 3.63) is 29.6 Å². The van der Waals surface area contributed by atoms with Gasteiger partial charge in [0.15, 0.2) is 0 Å². The number of hydrogen-bond acceptors (Lipinski definition) is 3. The minimum Gasteiger partial charge on any atom is -0.327 e. The molecule has 126 valence electrons. The van der Waals surface area contributed by atoms with Crippen molar-refractivity contribution < 1.29 is 26.0 Å². The number of nitrogens with two attached hydrogens (primary N) is 1. The lowest BCUT2D eigenvalue weighted by molar-refractivity contribution is -0.140. The van der Waals surface area contributed by atoms with Gasteiger partial charge >= 0.3 is 6.18 Å². The molecule has 0 amide bonds. The second-order valence-corrected chi connectivity index (χ2v) is 6.84. The molecule has 1 aromatic rings. The number of piperidine rings is 1. The van der Waals surface area contributed by atoms with E-state index in [4.69, 9.17) is 5.73 Å². The molecule has 0 aromatic heterocycles. The molecule has 1 aliphatic heterocycles. The summed E-state index contributed by atoms with van der Waals surface area (Å²) in [5.41, 5.74) is 4.08. The molecular formula is C12H15ClF4N2O2S. The first kappa shape index (κ1) is 19.1. The van der Waals surface area contributed by atoms with Gasteiger partial charge in [-0.2, -0.15) is 17.5 Å². The van der Waals surface area contributed by atoms with Crippen molar-refractivity contribution in [3.8, 4) is 0 Å². The Labute approximate surface area is 131 Å². The van der Waals surface area contributed by atoms with E-state index in [1.807, 2.05) is 0 Å². The summed E-state index contributed by atoms with van der Waals surface area (Å²) in [6, 6.07) is 1.32. The summed E-state index contributed by atoms with van der Waals surface area (Å²) in [6.45, 7) is 0.232. The van der Waals surface area contributed by atoms with Crippen molar-refractivity contribution in [2.45, 2.75) is 30.0 Å². The van der Waals surface area contributed by atoms with Crippen molar-refractivity contribution >= 4 is 22.4 Å². The first-order valence-electron chi connectivity index (χ1n) is 6.25. The third-order valence-electron chi connectivity index (χ3n) is 3.30. The average Bonchev–Trinajstić information content (AvgIpc) is 2.37. The van der Waals surface area contributed by atoms with Crippen molar-refractivity contribution in [3.63, 3.8) is 0 Å². The van der Waals surface area contributed by atoms with E-state index >= 15 is 0 Å². The van der Waals surface area contributed by atoms with Gasteiger partial charge in [-0.15, -0.1) is 12.4 Å². The van der Waals surface area contributed by atoms with Crippen LogP contribution in [0.2, 0.25) is 0 Å². The van der Waals surface area contributed by atoms with E-state index in [-0.39, 0.29) is 31.5 Å². The van der Waals surface area contributed by atoms with Crippen LogP contribution in [0.5, 0.6) is 0 Å².